The molecule has 2 N–H and O–H groups in total. The van der Waals surface area contributed by atoms with Crippen LogP contribution in [0.5, 0.6) is 0 Å². The third kappa shape index (κ3) is 7.97. The number of hydrogen-bond donors (Lipinski definition) is 2. The number of nitrogens with zero attached hydrogens (tertiary/aromatic N) is 4. The molecule has 2 aliphatic heterocycles. The zero-order valence-electron chi connectivity index (χ0n) is 26.7. The van der Waals surface area contributed by atoms with Gasteiger partial charge in [-0.1, -0.05) is 13.0 Å². The van der Waals surface area contributed by atoms with Gasteiger partial charge in [0, 0.05) is 56.5 Å². The van der Waals surface area contributed by atoms with Gasteiger partial charge in [-0.15, -0.1) is 5.10 Å². The molecule has 0 spiro atoms. The summed E-state index contributed by atoms with van der Waals surface area (Å²) in [5.41, 5.74) is 2.56. The Morgan fingerprint density at radius 1 is 1.06 bits per heavy atom. The molecule has 1 fully saturated rings. The third-order valence-corrected chi connectivity index (χ3v) is 9.91. The minimum absolute atomic E-state index is 0.0270. The summed E-state index contributed by atoms with van der Waals surface area (Å²) in [6.07, 6.45) is 2.13. The lowest BCUT2D eigenvalue weighted by Crippen LogP contribution is -2.37. The van der Waals surface area contributed by atoms with Crippen molar-refractivity contribution in [3.63, 3.8) is 0 Å². The van der Waals surface area contributed by atoms with Gasteiger partial charge in [-0.05, 0) is 69.1 Å². The molecule has 1 atom stereocenters. The normalized spacial score (nSPS) is 16.1. The first-order valence-electron chi connectivity index (χ1n) is 15.7. The van der Waals surface area contributed by atoms with Crippen LogP contribution in [0.3, 0.4) is 0 Å². The summed E-state index contributed by atoms with van der Waals surface area (Å²) in [6, 6.07) is 7.50. The first-order valence-corrected chi connectivity index (χ1v) is 17.1. The molecule has 12 nitrogen and oxygen atoms in total. The summed E-state index contributed by atoms with van der Waals surface area (Å²) < 4.78 is 67.5. The van der Waals surface area contributed by atoms with Crippen molar-refractivity contribution in [3.8, 4) is 0 Å². The molecule has 15 heteroatoms. The van der Waals surface area contributed by atoms with Gasteiger partial charge in [0.1, 0.15) is 11.6 Å². The van der Waals surface area contributed by atoms with Crippen molar-refractivity contribution in [1.82, 2.24) is 19.0 Å². The number of benzene rings is 2. The first-order chi connectivity index (χ1) is 22.5. The SMILES string of the molecule is CCCOC(=O)n1nc(NC(=O)c2ccc(CN3CCCC3)cc2N[C@H](C)COC)c2c1CCN(S(=O)(=O)c1cc(F)cc(F)c1)C2. The Labute approximate surface area is 273 Å². The van der Waals surface area contributed by atoms with Crippen molar-refractivity contribution in [1.29, 1.82) is 0 Å². The lowest BCUT2D eigenvalue weighted by atomic mass is 10.1. The molecule has 47 heavy (non-hydrogen) atoms. The summed E-state index contributed by atoms with van der Waals surface area (Å²) in [4.78, 5) is 28.6. The Morgan fingerprint density at radius 2 is 1.79 bits per heavy atom. The molecule has 254 valence electrons. The average Bonchev–Trinajstić information content (AvgIpc) is 3.67. The van der Waals surface area contributed by atoms with Gasteiger partial charge in [-0.3, -0.25) is 9.69 Å². The van der Waals surface area contributed by atoms with Crippen LogP contribution < -0.4 is 10.6 Å². The summed E-state index contributed by atoms with van der Waals surface area (Å²) >= 11 is 0. The Hall–Kier alpha value is -3.92. The molecular weight excluding hydrogens is 634 g/mol. The van der Waals surface area contributed by atoms with Gasteiger partial charge in [-0.25, -0.2) is 22.0 Å². The predicted octanol–water partition coefficient (Wildman–Crippen LogP) is 4.60. The predicted molar refractivity (Wildman–Crippen MR) is 171 cm³/mol. The quantitative estimate of drug-likeness (QED) is 0.283. The summed E-state index contributed by atoms with van der Waals surface area (Å²) in [7, 11) is -2.76. The van der Waals surface area contributed by atoms with Gasteiger partial charge in [0.15, 0.2) is 5.82 Å². The van der Waals surface area contributed by atoms with Crippen LogP contribution in [0, 0.1) is 11.6 Å². The fourth-order valence-electron chi connectivity index (χ4n) is 5.87. The fourth-order valence-corrected chi connectivity index (χ4v) is 7.32. The summed E-state index contributed by atoms with van der Waals surface area (Å²) in [6.45, 7) is 6.67. The van der Waals surface area contributed by atoms with Crippen LogP contribution in [0.1, 0.15) is 60.3 Å². The molecule has 1 amide bonds. The number of ether oxygens (including phenoxy) is 2. The number of carbonyl (C=O) groups is 2. The van der Waals surface area contributed by atoms with Crippen LogP contribution in [-0.4, -0.2) is 85.4 Å². The van der Waals surface area contributed by atoms with E-state index in [-0.39, 0.29) is 43.5 Å². The van der Waals surface area contributed by atoms with Crippen molar-refractivity contribution in [2.24, 2.45) is 0 Å². The van der Waals surface area contributed by atoms with Crippen molar-refractivity contribution in [2.45, 2.75) is 63.6 Å². The molecule has 0 unspecified atom stereocenters. The molecule has 0 aliphatic carbocycles. The Bertz CT molecular complexity index is 1710. The van der Waals surface area contributed by atoms with Gasteiger partial charge in [0.05, 0.1) is 29.4 Å². The maximum Gasteiger partial charge on any atom is 0.435 e. The molecule has 3 heterocycles. The first kappa shape index (κ1) is 34.4. The Morgan fingerprint density at radius 3 is 2.47 bits per heavy atom. The minimum Gasteiger partial charge on any atom is -0.448 e. The van der Waals surface area contributed by atoms with Crippen LogP contribution in [0.25, 0.3) is 0 Å². The standard InChI is InChI=1S/C32H40F2N6O6S/c1-4-13-46-32(42)40-29-9-12-39(47(43,44)25-16-23(33)15-24(34)17-25)19-27(29)30(37-40)36-31(41)26-8-7-22(18-38-10-5-6-11-38)14-28(26)35-21(2)20-45-3/h7-8,14-17,21,35H,4-6,9-13,18-20H2,1-3H3,(H,36,37,41)/t21-/m1/s1. The molecule has 3 aromatic rings. The lowest BCUT2D eigenvalue weighted by molar-refractivity contribution is 0.102. The fraction of sp³-hybridized carbons (Fsp3) is 0.469. The number of carbonyl (C=O) groups excluding carboxylic acids is 2. The number of methoxy groups -OCH3 is 1. The van der Waals surface area contributed by atoms with Crippen molar-refractivity contribution >= 4 is 33.5 Å². The highest BCUT2D eigenvalue weighted by Crippen LogP contribution is 2.32. The van der Waals surface area contributed by atoms with E-state index in [4.69, 9.17) is 9.47 Å². The van der Waals surface area contributed by atoms with Gasteiger partial charge >= 0.3 is 6.09 Å². The number of nitrogens with one attached hydrogen (secondary N) is 2. The van der Waals surface area contributed by atoms with E-state index in [9.17, 15) is 26.8 Å². The Balaban J connectivity index is 1.47. The monoisotopic (exact) mass is 674 g/mol. The second-order valence-corrected chi connectivity index (χ2v) is 13.7. The van der Waals surface area contributed by atoms with Crippen LogP contribution in [0.4, 0.5) is 25.1 Å². The summed E-state index contributed by atoms with van der Waals surface area (Å²) in [5, 5.41) is 10.5. The molecule has 2 aromatic carbocycles. The van der Waals surface area contributed by atoms with E-state index in [2.05, 4.69) is 20.6 Å². The molecular formula is C32H40F2N6O6S. The van der Waals surface area contributed by atoms with Crippen LogP contribution >= 0.6 is 0 Å². The van der Waals surface area contributed by atoms with Crippen molar-refractivity contribution in [2.75, 3.05) is 50.6 Å². The number of hydrogen-bond acceptors (Lipinski definition) is 9. The molecule has 0 bridgehead atoms. The zero-order chi connectivity index (χ0) is 33.7. The van der Waals surface area contributed by atoms with E-state index in [1.54, 1.807) is 13.2 Å². The lowest BCUT2D eigenvalue weighted by Gasteiger charge is -2.27. The van der Waals surface area contributed by atoms with E-state index in [1.165, 1.54) is 0 Å². The molecule has 1 saturated heterocycles. The number of sulfonamides is 1. The Kier molecular flexibility index (Phi) is 10.9. The zero-order valence-corrected chi connectivity index (χ0v) is 27.5. The number of likely N-dealkylation sites (tertiary alicyclic amines) is 1. The molecule has 5 rings (SSSR count). The minimum atomic E-state index is -4.35. The number of amides is 1. The number of anilines is 2. The average molecular weight is 675 g/mol. The van der Waals surface area contributed by atoms with Gasteiger partial charge < -0.3 is 20.1 Å². The van der Waals surface area contributed by atoms with E-state index in [0.717, 1.165) is 59.2 Å². The maximum absolute atomic E-state index is 14.0. The van der Waals surface area contributed by atoms with E-state index >= 15 is 0 Å². The second-order valence-electron chi connectivity index (χ2n) is 11.8. The van der Waals surface area contributed by atoms with Crippen molar-refractivity contribution in [3.05, 3.63) is 70.4 Å². The molecule has 0 saturated carbocycles. The highest BCUT2D eigenvalue weighted by Gasteiger charge is 2.35. The van der Waals surface area contributed by atoms with Crippen LogP contribution in [0.2, 0.25) is 0 Å². The van der Waals surface area contributed by atoms with E-state index in [0.29, 0.717) is 36.0 Å². The number of aromatic nitrogens is 2. The number of rotatable bonds is 12. The summed E-state index contributed by atoms with van der Waals surface area (Å²) in [5.74, 6) is -2.63. The van der Waals surface area contributed by atoms with Gasteiger partial charge in [-0.2, -0.15) is 8.99 Å². The maximum atomic E-state index is 14.0. The molecule has 0 radical (unpaired) electrons. The van der Waals surface area contributed by atoms with Crippen molar-refractivity contribution < 1.29 is 36.3 Å². The van der Waals surface area contributed by atoms with Crippen LogP contribution in [0.15, 0.2) is 41.3 Å². The van der Waals surface area contributed by atoms with Gasteiger partial charge in [0.25, 0.3) is 5.91 Å². The largest absolute Gasteiger partial charge is 0.448 e. The highest BCUT2D eigenvalue weighted by atomic mass is 32.2. The van der Waals surface area contributed by atoms with E-state index in [1.807, 2.05) is 26.0 Å². The van der Waals surface area contributed by atoms with Crippen LogP contribution in [-0.2, 0) is 39.0 Å². The highest BCUT2D eigenvalue weighted by molar-refractivity contribution is 7.89. The number of halogens is 2. The van der Waals surface area contributed by atoms with E-state index < -0.39 is 38.6 Å². The molecule has 2 aliphatic rings. The third-order valence-electron chi connectivity index (χ3n) is 8.08. The molecule has 1 aromatic heterocycles. The van der Waals surface area contributed by atoms with Gasteiger partial charge in [0.2, 0.25) is 10.0 Å². The number of fused-ring (bicyclic) bond motifs is 1. The second kappa shape index (κ2) is 14.9. The topological polar surface area (TPSA) is 135 Å². The smallest absolute Gasteiger partial charge is 0.435 e.